The van der Waals surface area contributed by atoms with Crippen molar-refractivity contribution in [1.82, 2.24) is 9.97 Å². The van der Waals surface area contributed by atoms with Crippen LogP contribution < -0.4 is 0 Å². The Bertz CT molecular complexity index is 2380. The summed E-state index contributed by atoms with van der Waals surface area (Å²) >= 11 is 6.84. The van der Waals surface area contributed by atoms with Crippen molar-refractivity contribution < 1.29 is 8.83 Å². The second kappa shape index (κ2) is 9.45. The molecule has 0 aliphatic carbocycles. The fourth-order valence-electron chi connectivity index (χ4n) is 5.69. The molecule has 4 aromatic carbocycles. The number of aromatic nitrogens is 2. The van der Waals surface area contributed by atoms with Gasteiger partial charge in [-0.1, -0.05) is 24.3 Å². The van der Waals surface area contributed by atoms with Crippen molar-refractivity contribution in [1.29, 1.82) is 0 Å². The molecule has 10 aromatic rings. The Balaban J connectivity index is 0.980. The van der Waals surface area contributed by atoms with Crippen molar-refractivity contribution in [2.45, 2.75) is 0 Å². The minimum atomic E-state index is 0.809. The highest BCUT2D eigenvalue weighted by molar-refractivity contribution is 7.23. The molecule has 8 heteroatoms. The Hall–Kier alpha value is -4.60. The zero-order valence-electron chi connectivity index (χ0n) is 22.7. The molecule has 0 unspecified atom stereocenters. The number of nitrogens with zero attached hydrogens (tertiary/aromatic N) is 2. The first kappa shape index (κ1) is 24.8. The highest BCUT2D eigenvalue weighted by Gasteiger charge is 2.16. The van der Waals surface area contributed by atoms with E-state index in [2.05, 4.69) is 60.7 Å². The molecule has 0 spiro atoms. The lowest BCUT2D eigenvalue weighted by atomic mass is 10.1. The Labute approximate surface area is 266 Å². The molecule has 0 amide bonds. The maximum atomic E-state index is 6.31. The molecule has 0 aliphatic rings. The molecule has 4 nitrogen and oxygen atoms in total. The maximum absolute atomic E-state index is 6.31. The summed E-state index contributed by atoms with van der Waals surface area (Å²) in [6.07, 6.45) is 0. The minimum absolute atomic E-state index is 0.809. The zero-order chi connectivity index (χ0) is 28.8. The topological polar surface area (TPSA) is 52.1 Å². The number of hydrogen-bond acceptors (Lipinski definition) is 8. The predicted molar refractivity (Wildman–Crippen MR) is 187 cm³/mol. The Kier molecular flexibility index (Phi) is 5.33. The first-order chi connectivity index (χ1) is 21.7. The van der Waals surface area contributed by atoms with E-state index in [1.54, 1.807) is 45.3 Å². The van der Waals surface area contributed by atoms with Gasteiger partial charge in [-0.3, -0.25) is 0 Å². The summed E-state index contributed by atoms with van der Waals surface area (Å²) in [4.78, 5) is 11.8. The van der Waals surface area contributed by atoms with E-state index in [1.165, 1.54) is 40.3 Å². The summed E-state index contributed by atoms with van der Waals surface area (Å²) in [5, 5.41) is 6.72. The Morgan fingerprint density at radius 2 is 0.841 bits per heavy atom. The van der Waals surface area contributed by atoms with Crippen LogP contribution in [0.25, 0.3) is 94.2 Å². The van der Waals surface area contributed by atoms with E-state index in [1.807, 2.05) is 48.5 Å². The molecule has 0 radical (unpaired) electrons. The molecule has 0 saturated heterocycles. The molecule has 6 aromatic heterocycles. The normalized spacial score (nSPS) is 12.1. The van der Waals surface area contributed by atoms with Crippen LogP contribution in [-0.2, 0) is 0 Å². The standard InChI is InChI=1S/C36H18N2O2S4/c1-3-7-29-23(5-1)37-35(43-29)27-11-9-25(39-27)33-17-21-13-19-16-32-22(14-20(19)15-31(21)41-33)18-34(42-32)26-10-12-28(40-26)36-38-24-6-2-4-8-30(24)44-36/h1-18H. The first-order valence-electron chi connectivity index (χ1n) is 14.0. The van der Waals surface area contributed by atoms with Gasteiger partial charge in [0.2, 0.25) is 0 Å². The van der Waals surface area contributed by atoms with E-state index in [9.17, 15) is 0 Å². The molecule has 0 atom stereocenters. The number of rotatable bonds is 4. The van der Waals surface area contributed by atoms with E-state index in [0.717, 1.165) is 53.8 Å². The van der Waals surface area contributed by atoms with Gasteiger partial charge in [0.25, 0.3) is 0 Å². The van der Waals surface area contributed by atoms with Crippen LogP contribution in [0.3, 0.4) is 0 Å². The molecular weight excluding hydrogens is 621 g/mol. The lowest BCUT2D eigenvalue weighted by Gasteiger charge is -1.99. The molecule has 10 rings (SSSR count). The predicted octanol–water partition coefficient (Wildman–Crippen LogP) is 12.3. The van der Waals surface area contributed by atoms with Crippen molar-refractivity contribution in [3.63, 3.8) is 0 Å². The Morgan fingerprint density at radius 3 is 1.32 bits per heavy atom. The summed E-state index contributed by atoms with van der Waals surface area (Å²) in [6.45, 7) is 0. The van der Waals surface area contributed by atoms with E-state index in [0.29, 0.717) is 0 Å². The molecule has 0 aliphatic heterocycles. The van der Waals surface area contributed by atoms with Crippen LogP contribution >= 0.6 is 45.3 Å². The average molecular weight is 639 g/mol. The number of fused-ring (bicyclic) bond motifs is 5. The monoisotopic (exact) mass is 638 g/mol. The SMILES string of the molecule is c1ccc2sc(-c3ccc(-c4cc5cc6cc7sc(-c8ccc(-c9nc%10ccccc%10s9)o8)cc7cc6cc5s4)o3)nc2c1. The van der Waals surface area contributed by atoms with Gasteiger partial charge in [0.05, 0.1) is 30.2 Å². The number of thiophene rings is 2. The zero-order valence-corrected chi connectivity index (χ0v) is 26.0. The molecule has 0 saturated carbocycles. The van der Waals surface area contributed by atoms with Crippen molar-refractivity contribution in [2.24, 2.45) is 0 Å². The van der Waals surface area contributed by atoms with Gasteiger partial charge in [-0.2, -0.15) is 0 Å². The van der Waals surface area contributed by atoms with Gasteiger partial charge in [0.15, 0.2) is 21.5 Å². The van der Waals surface area contributed by atoms with E-state index in [4.69, 9.17) is 18.8 Å². The van der Waals surface area contributed by atoms with Crippen LogP contribution in [-0.4, -0.2) is 9.97 Å². The average Bonchev–Trinajstić information content (AvgIpc) is 3.88. The number of para-hydroxylation sites is 2. The molecule has 0 fully saturated rings. The molecule has 0 bridgehead atoms. The number of furan rings is 2. The largest absolute Gasteiger partial charge is 0.453 e. The van der Waals surface area contributed by atoms with E-state index >= 15 is 0 Å². The van der Waals surface area contributed by atoms with E-state index in [-0.39, 0.29) is 0 Å². The van der Waals surface area contributed by atoms with Crippen LogP contribution in [0.1, 0.15) is 0 Å². The maximum Gasteiger partial charge on any atom is 0.163 e. The van der Waals surface area contributed by atoms with Crippen LogP contribution in [0, 0.1) is 0 Å². The van der Waals surface area contributed by atoms with E-state index < -0.39 is 0 Å². The molecular formula is C36H18N2O2S4. The molecule has 208 valence electrons. The van der Waals surface area contributed by atoms with Gasteiger partial charge in [0.1, 0.15) is 11.5 Å². The number of hydrogen-bond donors (Lipinski definition) is 0. The Morgan fingerprint density at radius 1 is 0.386 bits per heavy atom. The van der Waals surface area contributed by atoms with Gasteiger partial charge < -0.3 is 8.83 Å². The minimum Gasteiger partial charge on any atom is -0.453 e. The van der Waals surface area contributed by atoms with Crippen LogP contribution in [0.5, 0.6) is 0 Å². The summed E-state index contributed by atoms with van der Waals surface area (Å²) in [7, 11) is 0. The molecule has 44 heavy (non-hydrogen) atoms. The van der Waals surface area contributed by atoms with Gasteiger partial charge in [-0.05, 0) is 106 Å². The fraction of sp³-hybridized carbons (Fsp3) is 0. The fourth-order valence-corrected chi connectivity index (χ4v) is 9.66. The highest BCUT2D eigenvalue weighted by Crippen LogP contribution is 2.42. The number of thiazole rings is 2. The third kappa shape index (κ3) is 3.99. The highest BCUT2D eigenvalue weighted by atomic mass is 32.1. The number of benzene rings is 4. The van der Waals surface area contributed by atoms with Crippen molar-refractivity contribution in [2.75, 3.05) is 0 Å². The summed E-state index contributed by atoms with van der Waals surface area (Å²) in [5.74, 6) is 3.37. The lowest BCUT2D eigenvalue weighted by Crippen LogP contribution is -1.72. The summed E-state index contributed by atoms with van der Waals surface area (Å²) in [6, 6.07) is 38.2. The van der Waals surface area contributed by atoms with Gasteiger partial charge >= 0.3 is 0 Å². The third-order valence-electron chi connectivity index (χ3n) is 7.82. The quantitative estimate of drug-likeness (QED) is 0.192. The van der Waals surface area contributed by atoms with Crippen molar-refractivity contribution >= 4 is 96.7 Å². The second-order valence-electron chi connectivity index (χ2n) is 10.6. The summed E-state index contributed by atoms with van der Waals surface area (Å²) in [5.41, 5.74) is 2.01. The first-order valence-corrected chi connectivity index (χ1v) is 17.3. The van der Waals surface area contributed by atoms with Crippen LogP contribution in [0.4, 0.5) is 0 Å². The lowest BCUT2D eigenvalue weighted by molar-refractivity contribution is 0.598. The second-order valence-corrected chi connectivity index (χ2v) is 14.9. The smallest absolute Gasteiger partial charge is 0.163 e. The van der Waals surface area contributed by atoms with Crippen LogP contribution in [0.15, 0.2) is 118 Å². The summed E-state index contributed by atoms with van der Waals surface area (Å²) < 4.78 is 17.4. The van der Waals surface area contributed by atoms with Gasteiger partial charge in [-0.25, -0.2) is 9.97 Å². The van der Waals surface area contributed by atoms with Crippen LogP contribution in [0.2, 0.25) is 0 Å². The van der Waals surface area contributed by atoms with Gasteiger partial charge in [0, 0.05) is 9.40 Å². The molecule has 6 heterocycles. The van der Waals surface area contributed by atoms with Crippen molar-refractivity contribution in [3.05, 3.63) is 109 Å². The van der Waals surface area contributed by atoms with Gasteiger partial charge in [-0.15, -0.1) is 45.3 Å². The van der Waals surface area contributed by atoms with Crippen molar-refractivity contribution in [3.8, 4) is 42.8 Å². The molecule has 0 N–H and O–H groups in total. The third-order valence-corrected chi connectivity index (χ3v) is 12.1.